The van der Waals surface area contributed by atoms with Crippen LogP contribution in [0, 0.1) is 17.2 Å². The highest BCUT2D eigenvalue weighted by molar-refractivity contribution is 7.89. The first-order valence-corrected chi connectivity index (χ1v) is 10.5. The number of hydrogen-bond donors (Lipinski definition) is 0. The Morgan fingerprint density at radius 2 is 1.86 bits per heavy atom. The van der Waals surface area contributed by atoms with Gasteiger partial charge >= 0.3 is 0 Å². The Labute approximate surface area is 165 Å². The molecule has 1 saturated heterocycles. The topological polar surface area (TPSA) is 94.4 Å². The molecule has 0 saturated carbocycles. The van der Waals surface area contributed by atoms with Gasteiger partial charge in [-0.15, -0.1) is 0 Å². The van der Waals surface area contributed by atoms with Crippen LogP contribution in [0.25, 0.3) is 0 Å². The van der Waals surface area contributed by atoms with E-state index in [0.717, 1.165) is 5.56 Å². The molecule has 8 heteroatoms. The first-order chi connectivity index (χ1) is 13.4. The summed E-state index contributed by atoms with van der Waals surface area (Å²) in [5, 5.41) is 9.19. The predicted molar refractivity (Wildman–Crippen MR) is 103 cm³/mol. The Morgan fingerprint density at radius 3 is 2.50 bits per heavy atom. The van der Waals surface area contributed by atoms with Crippen molar-refractivity contribution in [2.24, 2.45) is 5.92 Å². The Kier molecular flexibility index (Phi) is 6.07. The Hall–Kier alpha value is -2.76. The highest BCUT2D eigenvalue weighted by Gasteiger charge is 2.34. The molecule has 1 aromatic heterocycles. The van der Waals surface area contributed by atoms with E-state index >= 15 is 0 Å². The fourth-order valence-electron chi connectivity index (χ4n) is 3.42. The van der Waals surface area contributed by atoms with Gasteiger partial charge in [0.1, 0.15) is 6.07 Å². The van der Waals surface area contributed by atoms with Gasteiger partial charge in [0.25, 0.3) is 0 Å². The van der Waals surface area contributed by atoms with Crippen molar-refractivity contribution in [3.8, 4) is 6.07 Å². The first kappa shape index (κ1) is 20.0. The first-order valence-electron chi connectivity index (χ1n) is 9.06. The van der Waals surface area contributed by atoms with Gasteiger partial charge in [-0.2, -0.15) is 9.57 Å². The van der Waals surface area contributed by atoms with Crippen LogP contribution >= 0.6 is 0 Å². The van der Waals surface area contributed by atoms with E-state index in [2.05, 4.69) is 4.98 Å². The third-order valence-electron chi connectivity index (χ3n) is 4.97. The number of carbonyl (C=O) groups excluding carboxylic acids is 1. The van der Waals surface area contributed by atoms with E-state index in [1.165, 1.54) is 16.4 Å². The summed E-state index contributed by atoms with van der Waals surface area (Å²) < 4.78 is 27.2. The van der Waals surface area contributed by atoms with Crippen molar-refractivity contribution in [3.05, 3.63) is 59.9 Å². The lowest BCUT2D eigenvalue weighted by Gasteiger charge is -2.32. The fraction of sp³-hybridized carbons (Fsp3) is 0.350. The van der Waals surface area contributed by atoms with Gasteiger partial charge < -0.3 is 4.90 Å². The summed E-state index contributed by atoms with van der Waals surface area (Å²) in [6, 6.07) is 11.9. The number of sulfonamides is 1. The molecule has 1 aromatic carbocycles. The summed E-state index contributed by atoms with van der Waals surface area (Å²) in [6.45, 7) is 1.03. The maximum Gasteiger partial charge on any atom is 0.244 e. The van der Waals surface area contributed by atoms with Gasteiger partial charge in [0, 0.05) is 45.0 Å². The van der Waals surface area contributed by atoms with Gasteiger partial charge in [-0.1, -0.05) is 12.1 Å². The number of piperidine rings is 1. The molecule has 1 amide bonds. The van der Waals surface area contributed by atoms with Crippen LogP contribution in [0.2, 0.25) is 0 Å². The Bertz CT molecular complexity index is 978. The highest BCUT2D eigenvalue weighted by Crippen LogP contribution is 2.26. The summed E-state index contributed by atoms with van der Waals surface area (Å²) in [6.07, 6.45) is 4.31. The number of nitrogens with zero attached hydrogens (tertiary/aromatic N) is 4. The van der Waals surface area contributed by atoms with Crippen LogP contribution in [0.3, 0.4) is 0 Å². The molecule has 0 N–H and O–H groups in total. The molecule has 0 unspecified atom stereocenters. The second-order valence-corrected chi connectivity index (χ2v) is 8.74. The second-order valence-electron chi connectivity index (χ2n) is 6.84. The maximum absolute atomic E-state index is 12.9. The van der Waals surface area contributed by atoms with E-state index in [4.69, 9.17) is 0 Å². The number of rotatable bonds is 5. The van der Waals surface area contributed by atoms with E-state index < -0.39 is 10.0 Å². The molecule has 2 aromatic rings. The summed E-state index contributed by atoms with van der Waals surface area (Å²) in [7, 11) is -1.98. The van der Waals surface area contributed by atoms with Crippen LogP contribution < -0.4 is 0 Å². The van der Waals surface area contributed by atoms with Crippen molar-refractivity contribution < 1.29 is 13.2 Å². The van der Waals surface area contributed by atoms with Crippen LogP contribution in [-0.2, 0) is 21.4 Å². The molecule has 1 fully saturated rings. The van der Waals surface area contributed by atoms with Gasteiger partial charge in [0.05, 0.1) is 10.5 Å². The molecule has 2 heterocycles. The molecule has 1 aliphatic rings. The van der Waals surface area contributed by atoms with Gasteiger partial charge in [-0.25, -0.2) is 8.42 Å². The summed E-state index contributed by atoms with van der Waals surface area (Å²) in [5.41, 5.74) is 1.14. The molecule has 0 bridgehead atoms. The molecule has 0 aliphatic carbocycles. The molecular weight excluding hydrogens is 376 g/mol. The molecule has 3 rings (SSSR count). The van der Waals surface area contributed by atoms with E-state index in [0.29, 0.717) is 19.4 Å². The van der Waals surface area contributed by atoms with Gasteiger partial charge in [-0.05, 0) is 42.7 Å². The molecule has 1 aliphatic heterocycles. The monoisotopic (exact) mass is 398 g/mol. The van der Waals surface area contributed by atoms with Crippen LogP contribution in [0.1, 0.15) is 24.0 Å². The zero-order valence-electron chi connectivity index (χ0n) is 15.7. The van der Waals surface area contributed by atoms with Crippen molar-refractivity contribution in [1.82, 2.24) is 14.2 Å². The number of amides is 1. The Morgan fingerprint density at radius 1 is 1.21 bits per heavy atom. The quantitative estimate of drug-likeness (QED) is 0.768. The van der Waals surface area contributed by atoms with Crippen LogP contribution in [0.15, 0.2) is 53.7 Å². The zero-order valence-corrected chi connectivity index (χ0v) is 16.5. The summed E-state index contributed by atoms with van der Waals surface area (Å²) in [4.78, 5) is 18.4. The average molecular weight is 398 g/mol. The van der Waals surface area contributed by atoms with Crippen molar-refractivity contribution in [3.63, 3.8) is 0 Å². The van der Waals surface area contributed by atoms with E-state index in [9.17, 15) is 18.5 Å². The standard InChI is InChI=1S/C20H22N4O3S/c1-23(15-16-6-10-22-11-7-16)20(25)17-8-12-24(13-9-17)28(26,27)19-5-3-2-4-18(19)14-21/h2-7,10-11,17H,8-9,12-13,15H2,1H3. The smallest absolute Gasteiger partial charge is 0.244 e. The van der Waals surface area contributed by atoms with Crippen LogP contribution in [0.5, 0.6) is 0 Å². The lowest BCUT2D eigenvalue weighted by atomic mass is 9.96. The lowest BCUT2D eigenvalue weighted by Crippen LogP contribution is -2.43. The third-order valence-corrected chi connectivity index (χ3v) is 6.93. The summed E-state index contributed by atoms with van der Waals surface area (Å²) >= 11 is 0. The van der Waals surface area contributed by atoms with E-state index in [1.807, 2.05) is 18.2 Å². The number of hydrogen-bond acceptors (Lipinski definition) is 5. The minimum atomic E-state index is -3.74. The highest BCUT2D eigenvalue weighted by atomic mass is 32.2. The number of pyridine rings is 1. The molecule has 146 valence electrons. The number of carbonyl (C=O) groups is 1. The molecule has 7 nitrogen and oxygen atoms in total. The third kappa shape index (κ3) is 4.21. The van der Waals surface area contributed by atoms with Gasteiger partial charge in [0.15, 0.2) is 0 Å². The van der Waals surface area contributed by atoms with Crippen molar-refractivity contribution in [1.29, 1.82) is 5.26 Å². The largest absolute Gasteiger partial charge is 0.341 e. The molecule has 0 spiro atoms. The van der Waals surface area contributed by atoms with Crippen LogP contribution in [-0.4, -0.2) is 48.7 Å². The van der Waals surface area contributed by atoms with Crippen molar-refractivity contribution in [2.45, 2.75) is 24.3 Å². The fourth-order valence-corrected chi connectivity index (χ4v) is 5.03. The van der Waals surface area contributed by atoms with Gasteiger partial charge in [-0.3, -0.25) is 9.78 Å². The number of benzene rings is 1. The average Bonchev–Trinajstić information content (AvgIpc) is 2.74. The molecular formula is C20H22N4O3S. The normalized spacial score (nSPS) is 15.7. The molecule has 28 heavy (non-hydrogen) atoms. The van der Waals surface area contributed by atoms with E-state index in [1.54, 1.807) is 36.5 Å². The van der Waals surface area contributed by atoms with Crippen molar-refractivity contribution >= 4 is 15.9 Å². The van der Waals surface area contributed by atoms with Crippen molar-refractivity contribution in [2.75, 3.05) is 20.1 Å². The summed E-state index contributed by atoms with van der Waals surface area (Å²) in [5.74, 6) is -0.184. The maximum atomic E-state index is 12.9. The zero-order chi connectivity index (χ0) is 20.1. The number of nitriles is 1. The molecule has 0 atom stereocenters. The SMILES string of the molecule is CN(Cc1ccncc1)C(=O)C1CCN(S(=O)(=O)c2ccccc2C#N)CC1. The minimum absolute atomic E-state index is 0.0197. The molecule has 0 radical (unpaired) electrons. The van der Waals surface area contributed by atoms with Crippen LogP contribution in [0.4, 0.5) is 0 Å². The predicted octanol–water partition coefficient (Wildman–Crippen LogP) is 2.01. The van der Waals surface area contributed by atoms with Gasteiger partial charge in [0.2, 0.25) is 15.9 Å². The Balaban J connectivity index is 1.64. The number of aromatic nitrogens is 1. The lowest BCUT2D eigenvalue weighted by molar-refractivity contribution is -0.135. The van der Waals surface area contributed by atoms with E-state index in [-0.39, 0.29) is 35.4 Å². The minimum Gasteiger partial charge on any atom is -0.341 e. The second kappa shape index (κ2) is 8.50.